The maximum atomic E-state index is 11.4. The molecule has 2 fully saturated rings. The highest BCUT2D eigenvalue weighted by atomic mass is 16.7. The quantitative estimate of drug-likeness (QED) is 0.489. The molecule has 10 heteroatoms. The number of fused-ring (bicyclic) bond motifs is 5. The van der Waals surface area contributed by atoms with Crippen LogP contribution in [0.4, 0.5) is 5.82 Å². The standard InChI is InChI=1S/C23H27N3O7/c1-25-6-7-26-16(11-25)15-5-3-2-4-12(15)8-13-9-14(10-24-21(13)26)32-23-19(29)17(27)18(28)20(33-23)22(30)31/h2-5,9-10,16-20,23,27-29H,6-8,11H2,1H3,(H,30,31)/t16?,17?,18-,19?,20?,23+/m0/s1. The van der Waals surface area contributed by atoms with Gasteiger partial charge in [0.25, 0.3) is 0 Å². The molecule has 5 rings (SSSR count). The second-order valence-electron chi connectivity index (χ2n) is 8.85. The average molecular weight is 457 g/mol. The van der Waals surface area contributed by atoms with Crippen LogP contribution in [-0.2, 0) is 16.0 Å². The van der Waals surface area contributed by atoms with Crippen LogP contribution in [0.15, 0.2) is 36.5 Å². The molecule has 10 nitrogen and oxygen atoms in total. The highest BCUT2D eigenvalue weighted by molar-refractivity contribution is 5.73. The van der Waals surface area contributed by atoms with Gasteiger partial charge in [0.05, 0.1) is 12.2 Å². The Morgan fingerprint density at radius 2 is 1.91 bits per heavy atom. The van der Waals surface area contributed by atoms with E-state index < -0.39 is 36.7 Å². The zero-order valence-electron chi connectivity index (χ0n) is 18.1. The lowest BCUT2D eigenvalue weighted by Gasteiger charge is -2.41. The van der Waals surface area contributed by atoms with Gasteiger partial charge >= 0.3 is 5.97 Å². The number of aliphatic carboxylic acids is 1. The van der Waals surface area contributed by atoms with Gasteiger partial charge in [-0.2, -0.15) is 0 Å². The molecule has 2 saturated heterocycles. The number of benzene rings is 1. The predicted molar refractivity (Wildman–Crippen MR) is 116 cm³/mol. The van der Waals surface area contributed by atoms with Crippen LogP contribution in [0, 0.1) is 0 Å². The summed E-state index contributed by atoms with van der Waals surface area (Å²) >= 11 is 0. The van der Waals surface area contributed by atoms with E-state index in [9.17, 15) is 25.2 Å². The van der Waals surface area contributed by atoms with Crippen LogP contribution in [-0.4, -0.2) is 93.7 Å². The number of ether oxygens (including phenoxy) is 2. The molecule has 0 spiro atoms. The minimum atomic E-state index is -1.77. The first-order valence-electron chi connectivity index (χ1n) is 10.9. The Bertz CT molecular complexity index is 1050. The van der Waals surface area contributed by atoms with Crippen molar-refractivity contribution < 1.29 is 34.7 Å². The Labute approximate surface area is 190 Å². The second kappa shape index (κ2) is 8.54. The summed E-state index contributed by atoms with van der Waals surface area (Å²) in [5, 5.41) is 39.5. The molecule has 33 heavy (non-hydrogen) atoms. The molecule has 3 aliphatic heterocycles. The molecular formula is C23H27N3O7. The van der Waals surface area contributed by atoms with E-state index in [1.807, 2.05) is 18.2 Å². The predicted octanol–water partition coefficient (Wildman–Crippen LogP) is -0.250. The van der Waals surface area contributed by atoms with Gasteiger partial charge in [0.1, 0.15) is 29.9 Å². The molecule has 3 aliphatic rings. The Morgan fingerprint density at radius 1 is 1.12 bits per heavy atom. The molecule has 6 atom stereocenters. The number of carboxylic acid groups (broad SMARTS) is 1. The topological polar surface area (TPSA) is 136 Å². The van der Waals surface area contributed by atoms with Gasteiger partial charge in [-0.3, -0.25) is 0 Å². The zero-order valence-corrected chi connectivity index (χ0v) is 18.1. The van der Waals surface area contributed by atoms with Crippen molar-refractivity contribution in [2.24, 2.45) is 0 Å². The van der Waals surface area contributed by atoms with Crippen LogP contribution >= 0.6 is 0 Å². The Kier molecular flexibility index (Phi) is 5.71. The summed E-state index contributed by atoms with van der Waals surface area (Å²) in [6.45, 7) is 2.62. The van der Waals surface area contributed by atoms with E-state index >= 15 is 0 Å². The normalized spacial score (nSPS) is 31.7. The third-order valence-corrected chi connectivity index (χ3v) is 6.63. The third-order valence-electron chi connectivity index (χ3n) is 6.63. The third kappa shape index (κ3) is 3.94. The van der Waals surface area contributed by atoms with E-state index in [-0.39, 0.29) is 11.8 Å². The van der Waals surface area contributed by atoms with Crippen molar-refractivity contribution in [1.29, 1.82) is 0 Å². The largest absolute Gasteiger partial charge is 0.479 e. The fourth-order valence-electron chi connectivity index (χ4n) is 4.88. The van der Waals surface area contributed by atoms with Crippen molar-refractivity contribution >= 4 is 11.8 Å². The van der Waals surface area contributed by atoms with Gasteiger partial charge in [-0.1, -0.05) is 24.3 Å². The van der Waals surface area contributed by atoms with E-state index in [2.05, 4.69) is 34.0 Å². The van der Waals surface area contributed by atoms with E-state index in [1.54, 1.807) is 0 Å². The number of likely N-dealkylation sites (N-methyl/N-ethyl adjacent to an activating group) is 1. The van der Waals surface area contributed by atoms with Gasteiger partial charge in [-0.15, -0.1) is 0 Å². The van der Waals surface area contributed by atoms with Crippen molar-refractivity contribution in [2.45, 2.75) is 43.2 Å². The molecule has 1 aromatic heterocycles. The van der Waals surface area contributed by atoms with Crippen molar-refractivity contribution in [3.05, 3.63) is 53.2 Å². The number of aliphatic hydroxyl groups is 3. The maximum absolute atomic E-state index is 11.4. The van der Waals surface area contributed by atoms with E-state index in [4.69, 9.17) is 9.47 Å². The molecule has 1 aromatic carbocycles. The number of hydrogen-bond acceptors (Lipinski definition) is 9. The van der Waals surface area contributed by atoms with Gasteiger partial charge < -0.3 is 39.7 Å². The van der Waals surface area contributed by atoms with E-state index in [1.165, 1.54) is 17.3 Å². The summed E-state index contributed by atoms with van der Waals surface area (Å²) in [7, 11) is 2.11. The fraction of sp³-hybridized carbons (Fsp3) is 0.478. The molecule has 0 bridgehead atoms. The van der Waals surface area contributed by atoms with Gasteiger partial charge in [-0.05, 0) is 24.2 Å². The number of aromatic nitrogens is 1. The van der Waals surface area contributed by atoms with Crippen LogP contribution in [0.25, 0.3) is 0 Å². The van der Waals surface area contributed by atoms with Gasteiger partial charge in [0, 0.05) is 31.6 Å². The van der Waals surface area contributed by atoms with Gasteiger partial charge in [0.15, 0.2) is 6.10 Å². The van der Waals surface area contributed by atoms with Crippen molar-refractivity contribution in [3.8, 4) is 5.75 Å². The van der Waals surface area contributed by atoms with E-state index in [0.717, 1.165) is 31.0 Å². The van der Waals surface area contributed by atoms with Crippen LogP contribution in [0.5, 0.6) is 5.75 Å². The number of rotatable bonds is 3. The SMILES string of the molecule is CN1CCN2c3ncc(O[C@@H]4OC(C(=O)O)[C@@H](O)C(O)C4O)cc3Cc3ccccc3C2C1. The zero-order chi connectivity index (χ0) is 23.3. The average Bonchev–Trinajstić information content (AvgIpc) is 2.93. The summed E-state index contributed by atoms with van der Waals surface area (Å²) < 4.78 is 11.0. The minimum Gasteiger partial charge on any atom is -0.479 e. The number of carbonyl (C=O) groups is 1. The molecule has 0 saturated carbocycles. The molecule has 2 aromatic rings. The number of carboxylic acids is 1. The number of aliphatic hydroxyl groups excluding tert-OH is 3. The van der Waals surface area contributed by atoms with Crippen LogP contribution in [0.3, 0.4) is 0 Å². The van der Waals surface area contributed by atoms with Crippen molar-refractivity contribution in [2.75, 3.05) is 31.6 Å². The Hall–Kier alpha value is -2.76. The lowest BCUT2D eigenvalue weighted by Crippen LogP contribution is -2.61. The van der Waals surface area contributed by atoms with Crippen LogP contribution in [0.2, 0.25) is 0 Å². The van der Waals surface area contributed by atoms with E-state index in [0.29, 0.717) is 6.42 Å². The summed E-state index contributed by atoms with van der Waals surface area (Å²) in [6.07, 6.45) is -6.17. The van der Waals surface area contributed by atoms with Gasteiger partial charge in [-0.25, -0.2) is 9.78 Å². The van der Waals surface area contributed by atoms with Crippen molar-refractivity contribution in [1.82, 2.24) is 9.88 Å². The smallest absolute Gasteiger partial charge is 0.335 e. The van der Waals surface area contributed by atoms with Crippen LogP contribution in [0.1, 0.15) is 22.7 Å². The lowest BCUT2D eigenvalue weighted by molar-refractivity contribution is -0.271. The minimum absolute atomic E-state index is 0.178. The lowest BCUT2D eigenvalue weighted by atomic mass is 9.96. The Balaban J connectivity index is 1.46. The number of piperazine rings is 1. The first kappa shape index (κ1) is 22.1. The summed E-state index contributed by atoms with van der Waals surface area (Å²) in [5.74, 6) is -0.323. The second-order valence-corrected chi connectivity index (χ2v) is 8.85. The van der Waals surface area contributed by atoms with Gasteiger partial charge in [0.2, 0.25) is 6.29 Å². The summed E-state index contributed by atoms with van der Waals surface area (Å²) in [4.78, 5) is 20.6. The highest BCUT2D eigenvalue weighted by Crippen LogP contribution is 2.39. The molecule has 0 radical (unpaired) electrons. The maximum Gasteiger partial charge on any atom is 0.335 e. The number of nitrogens with zero attached hydrogens (tertiary/aromatic N) is 3. The first-order valence-corrected chi connectivity index (χ1v) is 10.9. The summed E-state index contributed by atoms with van der Waals surface area (Å²) in [5.41, 5.74) is 3.39. The molecule has 4 unspecified atom stereocenters. The number of hydrogen-bond donors (Lipinski definition) is 4. The molecule has 4 N–H and O–H groups in total. The first-order chi connectivity index (χ1) is 15.8. The molecule has 176 valence electrons. The fourth-order valence-corrected chi connectivity index (χ4v) is 4.88. The monoisotopic (exact) mass is 457 g/mol. The molecule has 4 heterocycles. The molecular weight excluding hydrogens is 430 g/mol. The number of anilines is 1. The summed E-state index contributed by atoms with van der Waals surface area (Å²) in [6, 6.07) is 10.3. The van der Waals surface area contributed by atoms with Crippen molar-refractivity contribution in [3.63, 3.8) is 0 Å². The molecule has 0 amide bonds. The molecule has 0 aliphatic carbocycles. The highest BCUT2D eigenvalue weighted by Gasteiger charge is 2.48. The van der Waals surface area contributed by atoms with Crippen LogP contribution < -0.4 is 9.64 Å². The Morgan fingerprint density at radius 3 is 2.70 bits per heavy atom. The number of pyridine rings is 1.